The van der Waals surface area contributed by atoms with Crippen LogP contribution < -0.4 is 14.8 Å². The van der Waals surface area contributed by atoms with Gasteiger partial charge in [-0.2, -0.15) is 0 Å². The van der Waals surface area contributed by atoms with Crippen LogP contribution in [0.3, 0.4) is 0 Å². The largest absolute Gasteiger partial charge is 0.306 e. The zero-order chi connectivity index (χ0) is 20.4. The van der Waals surface area contributed by atoms with Crippen LogP contribution in [0.15, 0.2) is 60.7 Å². The Morgan fingerprint density at radius 2 is 1.50 bits per heavy atom. The molecule has 2 aromatic rings. The zero-order valence-electron chi connectivity index (χ0n) is 17.4. The van der Waals surface area contributed by atoms with E-state index >= 15 is 0 Å². The third-order valence-electron chi connectivity index (χ3n) is 5.79. The van der Waals surface area contributed by atoms with Crippen molar-refractivity contribution in [2.45, 2.75) is 32.2 Å². The molecule has 3 rings (SSSR count). The highest BCUT2D eigenvalue weighted by molar-refractivity contribution is 7.91. The molecule has 0 amide bonds. The molecule has 1 atom stereocenters. The summed E-state index contributed by atoms with van der Waals surface area (Å²) in [5.74, 6) is 0.391. The minimum absolute atomic E-state index is 0.195. The van der Waals surface area contributed by atoms with Crippen LogP contribution in [-0.2, 0) is 10.0 Å². The summed E-state index contributed by atoms with van der Waals surface area (Å²) in [6.07, 6.45) is 0.943. The molecule has 0 aromatic heterocycles. The number of hydrogen-bond donors (Lipinski definition) is 1. The van der Waals surface area contributed by atoms with Gasteiger partial charge in [0.2, 0.25) is 18.3 Å². The predicted octanol–water partition coefficient (Wildman–Crippen LogP) is 2.42. The van der Waals surface area contributed by atoms with Crippen molar-refractivity contribution >= 4 is 28.6 Å². The number of hydrogen-bond acceptors (Lipinski definition) is 3. The molecule has 1 unspecified atom stereocenters. The fourth-order valence-corrected chi connectivity index (χ4v) is 13.1. The molecule has 0 aliphatic carbocycles. The van der Waals surface area contributed by atoms with Crippen LogP contribution in [0.2, 0.25) is 5.04 Å². The van der Waals surface area contributed by atoms with Crippen molar-refractivity contribution in [3.05, 3.63) is 60.7 Å². The Hall–Kier alpha value is -1.47. The summed E-state index contributed by atoms with van der Waals surface area (Å²) in [5.41, 5.74) is 0. The standard InChI is InChI=1S/C22H32N2O2SSi/c1-22(2,3)28(20-11-7-5-8-12-20,21-13-9-6-10-14-21)23-27(25,26)18-19-15-16-24(4)17-19/h5-14,19,23H,15-18H2,1-4H3. The molecule has 152 valence electrons. The maximum Gasteiger partial charge on any atom is 0.210 e. The Kier molecular flexibility index (Phi) is 6.15. The lowest BCUT2D eigenvalue weighted by atomic mass is 10.2. The van der Waals surface area contributed by atoms with Crippen LogP contribution in [0, 0.1) is 5.92 Å². The SMILES string of the molecule is CN1CCC(CS(=O)(=O)N[Si](c2ccccc2)(c2ccccc2)C(C)(C)C)C1. The van der Waals surface area contributed by atoms with Gasteiger partial charge in [-0.05, 0) is 41.3 Å². The Balaban J connectivity index is 2.08. The van der Waals surface area contributed by atoms with Crippen LogP contribution in [0.4, 0.5) is 0 Å². The maximum absolute atomic E-state index is 13.4. The second kappa shape index (κ2) is 8.11. The summed E-state index contributed by atoms with van der Waals surface area (Å²) >= 11 is 0. The Morgan fingerprint density at radius 3 is 1.89 bits per heavy atom. The van der Waals surface area contributed by atoms with Gasteiger partial charge in [0.15, 0.2) is 0 Å². The summed E-state index contributed by atoms with van der Waals surface area (Å²) in [6.45, 7) is 8.29. The molecule has 1 aliphatic heterocycles. The van der Waals surface area contributed by atoms with Crippen molar-refractivity contribution in [3.8, 4) is 0 Å². The molecule has 1 fully saturated rings. The third kappa shape index (κ3) is 4.40. The average Bonchev–Trinajstić information content (AvgIpc) is 3.04. The lowest BCUT2D eigenvalue weighted by Crippen LogP contribution is -2.75. The first kappa shape index (κ1) is 21.2. The molecule has 1 heterocycles. The van der Waals surface area contributed by atoms with Crippen molar-refractivity contribution < 1.29 is 8.42 Å². The Bertz CT molecular complexity index is 840. The second-order valence-corrected chi connectivity index (χ2v) is 15.6. The van der Waals surface area contributed by atoms with Crippen molar-refractivity contribution in [3.63, 3.8) is 0 Å². The zero-order valence-corrected chi connectivity index (χ0v) is 19.2. The summed E-state index contributed by atoms with van der Waals surface area (Å²) in [4.78, 5) is 2.21. The van der Waals surface area contributed by atoms with Gasteiger partial charge in [-0.1, -0.05) is 81.4 Å². The van der Waals surface area contributed by atoms with E-state index < -0.39 is 18.3 Å². The van der Waals surface area contributed by atoms with Gasteiger partial charge in [0.05, 0.1) is 5.75 Å². The predicted molar refractivity (Wildman–Crippen MR) is 120 cm³/mol. The fraction of sp³-hybridized carbons (Fsp3) is 0.455. The highest BCUT2D eigenvalue weighted by Crippen LogP contribution is 2.34. The van der Waals surface area contributed by atoms with Crippen molar-refractivity contribution in [2.24, 2.45) is 5.92 Å². The first-order valence-electron chi connectivity index (χ1n) is 9.95. The van der Waals surface area contributed by atoms with E-state index in [4.69, 9.17) is 0 Å². The molecule has 0 spiro atoms. The van der Waals surface area contributed by atoms with Crippen LogP contribution >= 0.6 is 0 Å². The average molecular weight is 417 g/mol. The van der Waals surface area contributed by atoms with Crippen LogP contribution in [0.25, 0.3) is 0 Å². The monoisotopic (exact) mass is 416 g/mol. The summed E-state index contributed by atoms with van der Waals surface area (Å²) in [7, 11) is -4.21. The lowest BCUT2D eigenvalue weighted by molar-refractivity contribution is 0.401. The van der Waals surface area contributed by atoms with Gasteiger partial charge in [-0.15, -0.1) is 0 Å². The van der Waals surface area contributed by atoms with Gasteiger partial charge in [0, 0.05) is 6.54 Å². The van der Waals surface area contributed by atoms with Gasteiger partial charge in [-0.25, -0.2) is 12.8 Å². The molecule has 6 heteroatoms. The van der Waals surface area contributed by atoms with Gasteiger partial charge in [0.25, 0.3) is 0 Å². The maximum atomic E-state index is 13.4. The van der Waals surface area contributed by atoms with Crippen LogP contribution in [0.1, 0.15) is 27.2 Å². The van der Waals surface area contributed by atoms with E-state index in [9.17, 15) is 8.42 Å². The molecule has 2 aromatic carbocycles. The van der Waals surface area contributed by atoms with Gasteiger partial charge < -0.3 is 4.90 Å². The molecule has 4 nitrogen and oxygen atoms in total. The smallest absolute Gasteiger partial charge is 0.210 e. The minimum Gasteiger partial charge on any atom is -0.306 e. The molecule has 28 heavy (non-hydrogen) atoms. The first-order valence-corrected chi connectivity index (χ1v) is 13.6. The number of nitrogens with zero attached hydrogens (tertiary/aromatic N) is 1. The third-order valence-corrected chi connectivity index (χ3v) is 13.8. The normalized spacial score (nSPS) is 19.1. The van der Waals surface area contributed by atoms with E-state index in [0.29, 0.717) is 0 Å². The quantitative estimate of drug-likeness (QED) is 0.736. The van der Waals surface area contributed by atoms with E-state index in [1.54, 1.807) is 0 Å². The van der Waals surface area contributed by atoms with Gasteiger partial charge in [0.1, 0.15) is 0 Å². The topological polar surface area (TPSA) is 49.4 Å². The molecule has 0 saturated carbocycles. The van der Waals surface area contributed by atoms with E-state index in [1.165, 1.54) is 0 Å². The molecular weight excluding hydrogens is 384 g/mol. The molecule has 0 bridgehead atoms. The highest BCUT2D eigenvalue weighted by Gasteiger charge is 2.51. The van der Waals surface area contributed by atoms with Crippen molar-refractivity contribution in [1.82, 2.24) is 9.29 Å². The van der Waals surface area contributed by atoms with E-state index in [0.717, 1.165) is 29.9 Å². The summed E-state index contributed by atoms with van der Waals surface area (Å²) < 4.78 is 30.1. The van der Waals surface area contributed by atoms with E-state index in [-0.39, 0.29) is 16.7 Å². The van der Waals surface area contributed by atoms with Crippen molar-refractivity contribution in [1.29, 1.82) is 0 Å². The highest BCUT2D eigenvalue weighted by atomic mass is 32.2. The number of sulfonamides is 1. The minimum atomic E-state index is -3.44. The summed E-state index contributed by atoms with van der Waals surface area (Å²) in [6, 6.07) is 20.3. The lowest BCUT2D eigenvalue weighted by Gasteiger charge is -2.43. The molecular formula is C22H32N2O2SSi. The summed E-state index contributed by atoms with van der Waals surface area (Å²) in [5, 5.41) is 1.96. The number of likely N-dealkylation sites (tertiary alicyclic amines) is 1. The van der Waals surface area contributed by atoms with Crippen LogP contribution in [0.5, 0.6) is 0 Å². The van der Waals surface area contributed by atoms with Gasteiger partial charge >= 0.3 is 0 Å². The first-order chi connectivity index (χ1) is 13.1. The Morgan fingerprint density at radius 1 is 1.00 bits per heavy atom. The van der Waals surface area contributed by atoms with E-state index in [1.807, 2.05) is 36.4 Å². The Labute approximate surface area is 171 Å². The second-order valence-electron chi connectivity index (χ2n) is 9.03. The van der Waals surface area contributed by atoms with E-state index in [2.05, 4.69) is 61.4 Å². The van der Waals surface area contributed by atoms with Gasteiger partial charge in [-0.3, -0.25) is 0 Å². The molecule has 1 N–H and O–H groups in total. The fourth-order valence-electron chi connectivity index (χ4n) is 4.43. The van der Waals surface area contributed by atoms with Crippen LogP contribution in [-0.4, -0.2) is 47.4 Å². The number of benzene rings is 2. The molecule has 1 aliphatic rings. The number of rotatable bonds is 6. The number of nitrogens with one attached hydrogen (secondary N) is 1. The molecule has 1 saturated heterocycles. The molecule has 0 radical (unpaired) electrons. The van der Waals surface area contributed by atoms with Crippen molar-refractivity contribution in [2.75, 3.05) is 25.9 Å².